The lowest BCUT2D eigenvalue weighted by molar-refractivity contribution is -0.119. The number of aromatic nitrogens is 4. The first-order valence-electron chi connectivity index (χ1n) is 13.3. The predicted octanol–water partition coefficient (Wildman–Crippen LogP) is 4.13. The van der Waals surface area contributed by atoms with Gasteiger partial charge < -0.3 is 24.7 Å². The number of benzene rings is 1. The molecule has 1 aliphatic heterocycles. The molecule has 2 N–H and O–H groups in total. The number of fused-ring (bicyclic) bond motifs is 1. The van der Waals surface area contributed by atoms with Gasteiger partial charge in [-0.2, -0.15) is 5.10 Å². The molecule has 2 atom stereocenters. The van der Waals surface area contributed by atoms with Crippen molar-refractivity contribution in [2.75, 3.05) is 31.0 Å². The molecule has 1 amide bonds. The molecule has 0 unspecified atom stereocenters. The Morgan fingerprint density at radius 1 is 1.21 bits per heavy atom. The Labute approximate surface area is 227 Å². The highest BCUT2D eigenvalue weighted by molar-refractivity contribution is 6.11. The lowest BCUT2D eigenvalue weighted by Crippen LogP contribution is -2.24. The smallest absolute Gasteiger partial charge is 0.356 e. The van der Waals surface area contributed by atoms with Crippen LogP contribution in [0.2, 0.25) is 0 Å². The lowest BCUT2D eigenvalue weighted by atomic mass is 10.1. The average Bonchev–Trinajstić information content (AvgIpc) is 3.73. The number of methoxy groups -OCH3 is 1. The number of hydrogen-bond donors (Lipinski definition) is 2. The molecule has 10 nitrogen and oxygen atoms in total. The van der Waals surface area contributed by atoms with Crippen LogP contribution in [0.5, 0.6) is 0 Å². The molecule has 1 aromatic carbocycles. The second-order valence-corrected chi connectivity index (χ2v) is 9.85. The van der Waals surface area contributed by atoms with Gasteiger partial charge in [-0.05, 0) is 43.9 Å². The number of carbonyl (C=O) groups excluding carboxylic acids is 2. The minimum absolute atomic E-state index is 0.141. The largest absolute Gasteiger partial charge is 0.464 e. The Hall–Kier alpha value is -4.18. The van der Waals surface area contributed by atoms with Crippen LogP contribution in [0.15, 0.2) is 61.1 Å². The molecule has 1 aliphatic rings. The van der Waals surface area contributed by atoms with Crippen molar-refractivity contribution in [3.05, 3.63) is 72.3 Å². The summed E-state index contributed by atoms with van der Waals surface area (Å²) in [6.45, 7) is 4.29. The van der Waals surface area contributed by atoms with Crippen LogP contribution in [0.25, 0.3) is 11.0 Å². The number of anilines is 2. The summed E-state index contributed by atoms with van der Waals surface area (Å²) in [5.41, 5.74) is 3.24. The average molecular weight is 531 g/mol. The van der Waals surface area contributed by atoms with Crippen molar-refractivity contribution in [3.63, 3.8) is 0 Å². The standard InChI is InChI=1S/C29H34N6O4/c1-20(9-14-34-13-6-12-31-34)32-23-17-24-25(33-28(36)22-11-16-39-19-22)26(29(37)38-2)35(27(24)30-18-23)15-10-21-7-4-3-5-8-21/h3-8,12-13,17-18,20,22,32H,9-11,14-16,19H2,1-2H3,(H,33,36)/t20-,22+/m0/s1. The lowest BCUT2D eigenvalue weighted by Gasteiger charge is -2.15. The SMILES string of the molecule is COC(=O)c1c(NC(=O)[C@@H]2CCOC2)c2cc(N[C@@H](C)CCn3cccn3)cnc2n1CCc1ccccc1. The third kappa shape index (κ3) is 6.12. The normalized spacial score (nSPS) is 15.8. The second kappa shape index (κ2) is 12.1. The van der Waals surface area contributed by atoms with Crippen LogP contribution in [0, 0.1) is 5.92 Å². The zero-order valence-corrected chi connectivity index (χ0v) is 22.3. The van der Waals surface area contributed by atoms with Crippen molar-refractivity contribution in [1.82, 2.24) is 19.3 Å². The maximum Gasteiger partial charge on any atom is 0.356 e. The van der Waals surface area contributed by atoms with Gasteiger partial charge in [-0.15, -0.1) is 0 Å². The molecule has 39 heavy (non-hydrogen) atoms. The molecular weight excluding hydrogens is 496 g/mol. The minimum Gasteiger partial charge on any atom is -0.464 e. The Morgan fingerprint density at radius 3 is 2.77 bits per heavy atom. The first-order valence-corrected chi connectivity index (χ1v) is 13.3. The quantitative estimate of drug-likeness (QED) is 0.281. The van der Waals surface area contributed by atoms with E-state index in [1.807, 2.05) is 57.9 Å². The van der Waals surface area contributed by atoms with Gasteiger partial charge in [0.2, 0.25) is 5.91 Å². The van der Waals surface area contributed by atoms with Gasteiger partial charge in [-0.3, -0.25) is 9.48 Å². The molecule has 204 valence electrons. The monoisotopic (exact) mass is 530 g/mol. The molecule has 0 radical (unpaired) electrons. The Kier molecular flexibility index (Phi) is 8.21. The number of amides is 1. The number of hydrogen-bond acceptors (Lipinski definition) is 7. The molecule has 10 heteroatoms. The highest BCUT2D eigenvalue weighted by Crippen LogP contribution is 2.34. The van der Waals surface area contributed by atoms with Crippen molar-refractivity contribution in [2.24, 2.45) is 5.92 Å². The Balaban J connectivity index is 1.49. The van der Waals surface area contributed by atoms with E-state index in [0.717, 1.165) is 24.2 Å². The van der Waals surface area contributed by atoms with Crippen molar-refractivity contribution < 1.29 is 19.1 Å². The maximum absolute atomic E-state index is 13.2. The fourth-order valence-electron chi connectivity index (χ4n) is 4.92. The second-order valence-electron chi connectivity index (χ2n) is 9.85. The number of nitrogens with one attached hydrogen (secondary N) is 2. The van der Waals surface area contributed by atoms with Crippen molar-refractivity contribution in [1.29, 1.82) is 0 Å². The molecule has 4 aromatic rings. The molecule has 3 aromatic heterocycles. The summed E-state index contributed by atoms with van der Waals surface area (Å²) in [5, 5.41) is 11.5. The molecule has 1 saturated heterocycles. The third-order valence-corrected chi connectivity index (χ3v) is 7.06. The van der Waals surface area contributed by atoms with E-state index >= 15 is 0 Å². The van der Waals surface area contributed by atoms with Crippen LogP contribution in [0.3, 0.4) is 0 Å². The zero-order chi connectivity index (χ0) is 27.2. The number of pyridine rings is 1. The summed E-state index contributed by atoms with van der Waals surface area (Å²) in [7, 11) is 1.35. The first-order chi connectivity index (χ1) is 19.0. The summed E-state index contributed by atoms with van der Waals surface area (Å²) < 4.78 is 14.3. The van der Waals surface area contributed by atoms with Crippen molar-refractivity contribution in [3.8, 4) is 0 Å². The van der Waals surface area contributed by atoms with Crippen LogP contribution < -0.4 is 10.6 Å². The van der Waals surface area contributed by atoms with Gasteiger partial charge >= 0.3 is 5.97 Å². The number of carbonyl (C=O) groups is 2. The van der Waals surface area contributed by atoms with Gasteiger partial charge in [0.1, 0.15) is 5.65 Å². The van der Waals surface area contributed by atoms with Crippen molar-refractivity contribution in [2.45, 2.75) is 45.3 Å². The van der Waals surface area contributed by atoms with Crippen LogP contribution in [0.4, 0.5) is 11.4 Å². The summed E-state index contributed by atoms with van der Waals surface area (Å²) in [4.78, 5) is 31.1. The maximum atomic E-state index is 13.2. The molecule has 0 spiro atoms. The molecule has 0 bridgehead atoms. The van der Waals surface area contributed by atoms with E-state index in [4.69, 9.17) is 14.5 Å². The molecular formula is C29H34N6O4. The highest BCUT2D eigenvalue weighted by Gasteiger charge is 2.30. The fourth-order valence-corrected chi connectivity index (χ4v) is 4.92. The molecule has 1 fully saturated rings. The van der Waals surface area contributed by atoms with E-state index in [9.17, 15) is 9.59 Å². The molecule has 4 heterocycles. The van der Waals surface area contributed by atoms with E-state index in [0.29, 0.717) is 49.3 Å². The topological polar surface area (TPSA) is 112 Å². The number of rotatable bonds is 11. The minimum atomic E-state index is -0.527. The van der Waals surface area contributed by atoms with Crippen molar-refractivity contribution >= 4 is 34.3 Å². The van der Waals surface area contributed by atoms with E-state index in [1.54, 1.807) is 12.4 Å². The summed E-state index contributed by atoms with van der Waals surface area (Å²) in [6, 6.07) is 14.0. The number of aryl methyl sites for hydroxylation is 3. The van der Waals surface area contributed by atoms with Gasteiger partial charge in [0.25, 0.3) is 0 Å². The summed E-state index contributed by atoms with van der Waals surface area (Å²) >= 11 is 0. The number of esters is 1. The van der Waals surface area contributed by atoms with E-state index in [2.05, 4.69) is 22.7 Å². The Bertz CT molecular complexity index is 1410. The molecule has 0 aliphatic carbocycles. The number of ether oxygens (including phenoxy) is 2. The molecule has 5 rings (SSSR count). The van der Waals surface area contributed by atoms with E-state index in [-0.39, 0.29) is 23.6 Å². The van der Waals surface area contributed by atoms with Gasteiger partial charge in [-0.25, -0.2) is 9.78 Å². The van der Waals surface area contributed by atoms with E-state index in [1.165, 1.54) is 7.11 Å². The summed E-state index contributed by atoms with van der Waals surface area (Å²) in [5.74, 6) is -0.971. The van der Waals surface area contributed by atoms with Crippen LogP contribution in [0.1, 0.15) is 35.8 Å². The van der Waals surface area contributed by atoms with Gasteiger partial charge in [0.05, 0.1) is 37.2 Å². The van der Waals surface area contributed by atoms with Gasteiger partial charge in [0, 0.05) is 43.5 Å². The highest BCUT2D eigenvalue weighted by atomic mass is 16.5. The predicted molar refractivity (Wildman–Crippen MR) is 149 cm³/mol. The fraction of sp³-hybridized carbons (Fsp3) is 0.379. The Morgan fingerprint density at radius 2 is 2.05 bits per heavy atom. The van der Waals surface area contributed by atoms with Crippen LogP contribution in [-0.2, 0) is 33.8 Å². The van der Waals surface area contributed by atoms with Crippen LogP contribution in [-0.4, -0.2) is 57.6 Å². The third-order valence-electron chi connectivity index (χ3n) is 7.06. The molecule has 0 saturated carbocycles. The summed E-state index contributed by atoms with van der Waals surface area (Å²) in [6.07, 6.45) is 7.66. The number of nitrogens with zero attached hydrogens (tertiary/aromatic N) is 4. The van der Waals surface area contributed by atoms with Gasteiger partial charge in [-0.1, -0.05) is 30.3 Å². The zero-order valence-electron chi connectivity index (χ0n) is 22.3. The van der Waals surface area contributed by atoms with Gasteiger partial charge in [0.15, 0.2) is 5.69 Å². The first kappa shape index (κ1) is 26.4. The van der Waals surface area contributed by atoms with Crippen LogP contribution >= 0.6 is 0 Å². The van der Waals surface area contributed by atoms with E-state index < -0.39 is 5.97 Å².